The van der Waals surface area contributed by atoms with Gasteiger partial charge < -0.3 is 10.2 Å². The third-order valence-electron chi connectivity index (χ3n) is 3.31. The average Bonchev–Trinajstić information content (AvgIpc) is 2.53. The molecule has 122 valence electrons. The minimum absolute atomic E-state index is 0.0606. The Bertz CT molecular complexity index is 782. The lowest BCUT2D eigenvalue weighted by Gasteiger charge is -2.23. The zero-order valence-electron chi connectivity index (χ0n) is 12.5. The summed E-state index contributed by atoms with van der Waals surface area (Å²) in [5.74, 6) is -1.09. The molecular weight excluding hydrogens is 318 g/mol. The fourth-order valence-electron chi connectivity index (χ4n) is 2.09. The molecule has 0 fully saturated rings. The molecule has 0 unspecified atom stereocenters. The summed E-state index contributed by atoms with van der Waals surface area (Å²) in [7, 11) is -3.84. The summed E-state index contributed by atoms with van der Waals surface area (Å²) in [6.45, 7) is 1.38. The highest BCUT2D eigenvalue weighted by Gasteiger charge is 2.24. The number of aliphatic hydroxyl groups excluding tert-OH is 1. The van der Waals surface area contributed by atoms with Crippen LogP contribution in [0.3, 0.4) is 0 Å². The number of carboxylic acid groups (broad SMARTS) is 1. The van der Waals surface area contributed by atoms with E-state index in [1.807, 2.05) is 6.92 Å². The van der Waals surface area contributed by atoms with Gasteiger partial charge in [-0.25, -0.2) is 13.2 Å². The second-order valence-corrected chi connectivity index (χ2v) is 6.83. The molecule has 0 spiro atoms. The van der Waals surface area contributed by atoms with Gasteiger partial charge in [0.15, 0.2) is 0 Å². The molecule has 0 aliphatic carbocycles. The quantitative estimate of drug-likeness (QED) is 0.840. The van der Waals surface area contributed by atoms with E-state index >= 15 is 0 Å². The van der Waals surface area contributed by atoms with Crippen molar-refractivity contribution < 1.29 is 23.4 Å². The normalized spacial score (nSPS) is 11.2. The maximum atomic E-state index is 12.8. The molecule has 0 bridgehead atoms. The first kappa shape index (κ1) is 17.0. The Balaban J connectivity index is 2.44. The summed E-state index contributed by atoms with van der Waals surface area (Å²) in [6.07, 6.45) is 0. The van der Waals surface area contributed by atoms with Crippen molar-refractivity contribution in [3.63, 3.8) is 0 Å². The number of hydrogen-bond acceptors (Lipinski definition) is 4. The van der Waals surface area contributed by atoms with E-state index in [2.05, 4.69) is 0 Å². The van der Waals surface area contributed by atoms with Crippen LogP contribution in [0, 0.1) is 6.92 Å². The van der Waals surface area contributed by atoms with Crippen LogP contribution in [0.15, 0.2) is 53.4 Å². The monoisotopic (exact) mass is 335 g/mol. The Hall–Kier alpha value is -2.38. The van der Waals surface area contributed by atoms with Crippen LogP contribution in [-0.4, -0.2) is 37.8 Å². The van der Waals surface area contributed by atoms with E-state index < -0.39 is 16.0 Å². The molecule has 7 heteroatoms. The minimum Gasteiger partial charge on any atom is -0.478 e. The number of aryl methyl sites for hydroxylation is 1. The molecule has 0 atom stereocenters. The third kappa shape index (κ3) is 3.69. The van der Waals surface area contributed by atoms with Gasteiger partial charge in [0, 0.05) is 0 Å². The molecule has 0 aromatic heterocycles. The number of sulfonamides is 1. The van der Waals surface area contributed by atoms with Gasteiger partial charge >= 0.3 is 5.97 Å². The summed E-state index contributed by atoms with van der Waals surface area (Å²) in [5.41, 5.74) is 1.29. The number of carbonyl (C=O) groups is 1. The van der Waals surface area contributed by atoms with Gasteiger partial charge in [0.25, 0.3) is 10.0 Å². The van der Waals surface area contributed by atoms with Crippen molar-refractivity contribution in [1.82, 2.24) is 0 Å². The predicted molar refractivity (Wildman–Crippen MR) is 86.2 cm³/mol. The molecule has 2 aromatic rings. The van der Waals surface area contributed by atoms with Gasteiger partial charge in [-0.2, -0.15) is 0 Å². The number of anilines is 1. The first-order chi connectivity index (χ1) is 10.9. The summed E-state index contributed by atoms with van der Waals surface area (Å²) in [4.78, 5) is 11.0. The minimum atomic E-state index is -3.84. The largest absolute Gasteiger partial charge is 0.478 e. The molecule has 0 radical (unpaired) electrons. The molecule has 0 saturated carbocycles. The van der Waals surface area contributed by atoms with Crippen molar-refractivity contribution in [3.8, 4) is 0 Å². The van der Waals surface area contributed by atoms with E-state index in [1.165, 1.54) is 36.4 Å². The van der Waals surface area contributed by atoms with Gasteiger partial charge in [-0.1, -0.05) is 17.7 Å². The predicted octanol–water partition coefficient (Wildman–Crippen LogP) is 1.88. The van der Waals surface area contributed by atoms with Gasteiger partial charge in [-0.15, -0.1) is 0 Å². The maximum absolute atomic E-state index is 12.8. The molecule has 2 aromatic carbocycles. The lowest BCUT2D eigenvalue weighted by molar-refractivity contribution is 0.0697. The van der Waals surface area contributed by atoms with Crippen LogP contribution in [0.5, 0.6) is 0 Å². The van der Waals surface area contributed by atoms with Crippen molar-refractivity contribution in [3.05, 3.63) is 59.7 Å². The molecule has 2 rings (SSSR count). The summed E-state index contributed by atoms with van der Waals surface area (Å²) in [5, 5.41) is 18.1. The molecule has 23 heavy (non-hydrogen) atoms. The number of rotatable bonds is 6. The molecule has 0 aliphatic rings. The molecule has 6 nitrogen and oxygen atoms in total. The number of benzene rings is 2. The molecule has 0 saturated heterocycles. The van der Waals surface area contributed by atoms with E-state index in [0.717, 1.165) is 9.87 Å². The van der Waals surface area contributed by atoms with E-state index in [4.69, 9.17) is 5.11 Å². The standard InChI is InChI=1S/C16H17NO5S/c1-12-2-8-15(9-3-12)23(21,22)17(10-11-18)14-6-4-13(5-7-14)16(19)20/h2-9,18H,10-11H2,1H3,(H,19,20). The lowest BCUT2D eigenvalue weighted by atomic mass is 10.2. The van der Waals surface area contributed by atoms with Crippen molar-refractivity contribution in [2.75, 3.05) is 17.5 Å². The highest BCUT2D eigenvalue weighted by atomic mass is 32.2. The Morgan fingerprint density at radius 3 is 2.09 bits per heavy atom. The van der Waals surface area contributed by atoms with Gasteiger partial charge in [0.05, 0.1) is 29.3 Å². The Labute approximate surface area is 134 Å². The molecule has 2 N–H and O–H groups in total. The molecule has 0 aliphatic heterocycles. The summed E-state index contributed by atoms with van der Waals surface area (Å²) >= 11 is 0. The SMILES string of the molecule is Cc1ccc(S(=O)(=O)N(CCO)c2ccc(C(=O)O)cc2)cc1. The average molecular weight is 335 g/mol. The van der Waals surface area contributed by atoms with Gasteiger partial charge in [-0.05, 0) is 43.3 Å². The van der Waals surface area contributed by atoms with Gasteiger partial charge in [0.2, 0.25) is 0 Å². The van der Waals surface area contributed by atoms with Crippen LogP contribution in [0.2, 0.25) is 0 Å². The van der Waals surface area contributed by atoms with Crippen LogP contribution in [0.1, 0.15) is 15.9 Å². The van der Waals surface area contributed by atoms with Gasteiger partial charge in [0.1, 0.15) is 0 Å². The number of carboxylic acids is 1. The summed E-state index contributed by atoms with van der Waals surface area (Å²) < 4.78 is 26.6. The Kier molecular flexibility index (Phi) is 5.02. The first-order valence-electron chi connectivity index (χ1n) is 6.90. The second kappa shape index (κ2) is 6.80. The van der Waals surface area contributed by atoms with Crippen LogP contribution >= 0.6 is 0 Å². The Morgan fingerprint density at radius 1 is 1.04 bits per heavy atom. The van der Waals surface area contributed by atoms with Crippen LogP contribution in [-0.2, 0) is 10.0 Å². The highest BCUT2D eigenvalue weighted by Crippen LogP contribution is 2.24. The van der Waals surface area contributed by atoms with Crippen LogP contribution in [0.4, 0.5) is 5.69 Å². The van der Waals surface area contributed by atoms with E-state index in [0.29, 0.717) is 5.69 Å². The van der Waals surface area contributed by atoms with Gasteiger partial charge in [-0.3, -0.25) is 4.31 Å². The van der Waals surface area contributed by atoms with E-state index in [1.54, 1.807) is 12.1 Å². The van der Waals surface area contributed by atoms with Crippen molar-refractivity contribution >= 4 is 21.7 Å². The lowest BCUT2D eigenvalue weighted by Crippen LogP contribution is -2.33. The van der Waals surface area contributed by atoms with Crippen molar-refractivity contribution in [1.29, 1.82) is 0 Å². The smallest absolute Gasteiger partial charge is 0.335 e. The molecular formula is C16H17NO5S. The molecule has 0 heterocycles. The topological polar surface area (TPSA) is 94.9 Å². The fourth-order valence-corrected chi connectivity index (χ4v) is 3.54. The molecule has 0 amide bonds. The van der Waals surface area contributed by atoms with Crippen LogP contribution in [0.25, 0.3) is 0 Å². The number of aromatic carboxylic acids is 1. The second-order valence-electron chi connectivity index (χ2n) is 4.97. The number of hydrogen-bond donors (Lipinski definition) is 2. The number of nitrogens with zero attached hydrogens (tertiary/aromatic N) is 1. The zero-order valence-corrected chi connectivity index (χ0v) is 13.3. The fraction of sp³-hybridized carbons (Fsp3) is 0.188. The van der Waals surface area contributed by atoms with Crippen molar-refractivity contribution in [2.45, 2.75) is 11.8 Å². The maximum Gasteiger partial charge on any atom is 0.335 e. The van der Waals surface area contributed by atoms with E-state index in [-0.39, 0.29) is 23.6 Å². The zero-order chi connectivity index (χ0) is 17.0. The van der Waals surface area contributed by atoms with Crippen LogP contribution < -0.4 is 4.31 Å². The Morgan fingerprint density at radius 2 is 1.61 bits per heavy atom. The number of aliphatic hydroxyl groups is 1. The first-order valence-corrected chi connectivity index (χ1v) is 8.34. The van der Waals surface area contributed by atoms with Crippen molar-refractivity contribution in [2.24, 2.45) is 0 Å². The summed E-state index contributed by atoms with van der Waals surface area (Å²) in [6, 6.07) is 11.9. The highest BCUT2D eigenvalue weighted by molar-refractivity contribution is 7.92. The third-order valence-corrected chi connectivity index (χ3v) is 5.16. The van der Waals surface area contributed by atoms with E-state index in [9.17, 15) is 18.3 Å².